The number of hydrogen-bond donors (Lipinski definition) is 1. The first kappa shape index (κ1) is 26.1. The average molecular weight is 498 g/mol. The summed E-state index contributed by atoms with van der Waals surface area (Å²) in [6.45, 7) is 7.01. The molecule has 0 radical (unpaired) electrons. The average Bonchev–Trinajstić information content (AvgIpc) is 2.93. The molecule has 2 aromatic carbocycles. The number of urea groups is 1. The van der Waals surface area contributed by atoms with E-state index in [-0.39, 0.29) is 12.1 Å². The number of nitrogens with zero attached hydrogens (tertiary/aromatic N) is 2. The van der Waals surface area contributed by atoms with Gasteiger partial charge in [0.2, 0.25) is 0 Å². The first-order valence-electron chi connectivity index (χ1n) is 13.0. The van der Waals surface area contributed by atoms with Crippen LogP contribution in [0.2, 0.25) is 0 Å². The number of carbonyl (C=O) groups excluding carboxylic acids is 1. The molecule has 2 aromatic rings. The van der Waals surface area contributed by atoms with Crippen LogP contribution in [0.25, 0.3) is 0 Å². The normalized spacial score (nSPS) is 18.3. The van der Waals surface area contributed by atoms with Crippen molar-refractivity contribution in [1.82, 2.24) is 10.2 Å². The van der Waals surface area contributed by atoms with Crippen molar-refractivity contribution in [2.45, 2.75) is 45.3 Å². The van der Waals surface area contributed by atoms with Crippen LogP contribution in [-0.2, 0) is 11.3 Å². The lowest BCUT2D eigenvalue weighted by molar-refractivity contribution is 0.0275. The Hall–Kier alpha value is -2.97. The molecular formula is C28H39N3O5. The second-order valence-electron chi connectivity index (χ2n) is 9.23. The van der Waals surface area contributed by atoms with Crippen molar-refractivity contribution in [3.8, 4) is 17.2 Å². The third-order valence-corrected chi connectivity index (χ3v) is 6.75. The Morgan fingerprint density at radius 2 is 1.89 bits per heavy atom. The number of morpholine rings is 1. The highest BCUT2D eigenvalue weighted by atomic mass is 16.5. The number of unbranched alkanes of at least 4 members (excludes halogenated alkanes) is 2. The van der Waals surface area contributed by atoms with Crippen molar-refractivity contribution in [3.63, 3.8) is 0 Å². The van der Waals surface area contributed by atoms with Gasteiger partial charge in [-0.15, -0.1) is 0 Å². The van der Waals surface area contributed by atoms with Gasteiger partial charge in [0.15, 0.2) is 11.5 Å². The van der Waals surface area contributed by atoms with Crippen molar-refractivity contribution < 1.29 is 23.7 Å². The number of amides is 2. The van der Waals surface area contributed by atoms with Crippen LogP contribution in [0.5, 0.6) is 17.2 Å². The van der Waals surface area contributed by atoms with Crippen molar-refractivity contribution >= 4 is 11.7 Å². The van der Waals surface area contributed by atoms with E-state index in [1.54, 1.807) is 14.2 Å². The van der Waals surface area contributed by atoms with Crippen LogP contribution in [0.1, 0.15) is 49.8 Å². The molecule has 8 nitrogen and oxygen atoms in total. The van der Waals surface area contributed by atoms with Gasteiger partial charge >= 0.3 is 6.03 Å². The molecule has 2 aliphatic heterocycles. The predicted molar refractivity (Wildman–Crippen MR) is 140 cm³/mol. The molecule has 196 valence electrons. The van der Waals surface area contributed by atoms with E-state index in [1.165, 1.54) is 0 Å². The molecule has 0 aliphatic carbocycles. The van der Waals surface area contributed by atoms with Crippen LogP contribution >= 0.6 is 0 Å². The van der Waals surface area contributed by atoms with E-state index in [2.05, 4.69) is 18.3 Å². The van der Waals surface area contributed by atoms with Crippen LogP contribution in [0, 0.1) is 0 Å². The molecule has 4 rings (SSSR count). The fourth-order valence-corrected chi connectivity index (χ4v) is 4.73. The lowest BCUT2D eigenvalue weighted by atomic mass is 10.0. The molecule has 1 unspecified atom stereocenters. The SMILES string of the molecule is CCCCCOc1cc(N2CCCN(Cc3ccc(C4CNCCO4)cc3OC)C2=O)ccc1OC. The Balaban J connectivity index is 1.47. The van der Waals surface area contributed by atoms with Gasteiger partial charge in [0.25, 0.3) is 0 Å². The summed E-state index contributed by atoms with van der Waals surface area (Å²) in [6, 6.07) is 11.9. The number of hydrogen-bond acceptors (Lipinski definition) is 6. The van der Waals surface area contributed by atoms with E-state index in [0.717, 1.165) is 61.3 Å². The molecule has 1 atom stereocenters. The number of anilines is 1. The van der Waals surface area contributed by atoms with Gasteiger partial charge in [-0.2, -0.15) is 0 Å². The molecule has 1 N–H and O–H groups in total. The zero-order chi connectivity index (χ0) is 25.3. The Morgan fingerprint density at radius 3 is 2.64 bits per heavy atom. The first-order valence-corrected chi connectivity index (χ1v) is 13.0. The van der Waals surface area contributed by atoms with Gasteiger partial charge in [-0.25, -0.2) is 4.79 Å². The Morgan fingerprint density at radius 1 is 1.03 bits per heavy atom. The quantitative estimate of drug-likeness (QED) is 0.451. The van der Waals surface area contributed by atoms with Gasteiger partial charge < -0.3 is 29.2 Å². The topological polar surface area (TPSA) is 72.5 Å². The minimum absolute atomic E-state index is 0.0160. The van der Waals surface area contributed by atoms with Gasteiger partial charge in [0.05, 0.1) is 40.1 Å². The highest BCUT2D eigenvalue weighted by Gasteiger charge is 2.28. The lowest BCUT2D eigenvalue weighted by Crippen LogP contribution is -2.49. The molecule has 2 amide bonds. The van der Waals surface area contributed by atoms with Crippen LogP contribution < -0.4 is 24.4 Å². The maximum Gasteiger partial charge on any atom is 0.324 e. The van der Waals surface area contributed by atoms with E-state index in [0.29, 0.717) is 44.3 Å². The largest absolute Gasteiger partial charge is 0.496 e. The zero-order valence-corrected chi connectivity index (χ0v) is 21.8. The maximum atomic E-state index is 13.5. The van der Waals surface area contributed by atoms with Crippen LogP contribution in [-0.4, -0.2) is 64.5 Å². The van der Waals surface area contributed by atoms with Crippen LogP contribution in [0.15, 0.2) is 36.4 Å². The number of ether oxygens (including phenoxy) is 4. The molecule has 2 fully saturated rings. The van der Waals surface area contributed by atoms with Gasteiger partial charge in [-0.05, 0) is 36.6 Å². The molecule has 8 heteroatoms. The molecule has 0 saturated carbocycles. The Bertz CT molecular complexity index is 1010. The van der Waals surface area contributed by atoms with Crippen molar-refractivity contribution in [1.29, 1.82) is 0 Å². The molecular weight excluding hydrogens is 458 g/mol. The van der Waals surface area contributed by atoms with Gasteiger partial charge in [-0.3, -0.25) is 4.90 Å². The van der Waals surface area contributed by atoms with Gasteiger partial charge in [-0.1, -0.05) is 31.9 Å². The van der Waals surface area contributed by atoms with Crippen LogP contribution in [0.4, 0.5) is 10.5 Å². The van der Waals surface area contributed by atoms with Gasteiger partial charge in [0.1, 0.15) is 5.75 Å². The molecule has 2 aliphatic rings. The zero-order valence-electron chi connectivity index (χ0n) is 21.8. The molecule has 36 heavy (non-hydrogen) atoms. The summed E-state index contributed by atoms with van der Waals surface area (Å²) in [5.41, 5.74) is 2.88. The third kappa shape index (κ3) is 6.23. The first-order chi connectivity index (χ1) is 17.6. The fraction of sp³-hybridized carbons (Fsp3) is 0.536. The summed E-state index contributed by atoms with van der Waals surface area (Å²) >= 11 is 0. The third-order valence-electron chi connectivity index (χ3n) is 6.75. The molecule has 0 spiro atoms. The van der Waals surface area contributed by atoms with Gasteiger partial charge in [0, 0.05) is 43.5 Å². The molecule has 0 aromatic heterocycles. The van der Waals surface area contributed by atoms with Crippen molar-refractivity contribution in [3.05, 3.63) is 47.5 Å². The minimum Gasteiger partial charge on any atom is -0.496 e. The highest BCUT2D eigenvalue weighted by molar-refractivity contribution is 5.93. The number of nitrogens with one attached hydrogen (secondary N) is 1. The second-order valence-corrected chi connectivity index (χ2v) is 9.23. The number of benzene rings is 2. The maximum absolute atomic E-state index is 13.5. The van der Waals surface area contributed by atoms with Crippen molar-refractivity contribution in [2.75, 3.05) is 58.5 Å². The van der Waals surface area contributed by atoms with E-state index in [1.807, 2.05) is 40.1 Å². The summed E-state index contributed by atoms with van der Waals surface area (Å²) in [6.07, 6.45) is 4.15. The summed E-state index contributed by atoms with van der Waals surface area (Å²) in [5.74, 6) is 2.13. The van der Waals surface area contributed by atoms with Crippen LogP contribution in [0.3, 0.4) is 0 Å². The molecule has 2 heterocycles. The summed E-state index contributed by atoms with van der Waals surface area (Å²) in [4.78, 5) is 17.2. The standard InChI is InChI=1S/C28H39N3O5/c1-4-5-6-15-35-26-18-23(10-11-24(26)33-2)31-14-7-13-30(28(31)32)20-22-9-8-21(17-25(22)34-3)27-19-29-12-16-36-27/h8-11,17-18,27,29H,4-7,12-16,19-20H2,1-3H3. The number of methoxy groups -OCH3 is 2. The van der Waals surface area contributed by atoms with E-state index in [4.69, 9.17) is 18.9 Å². The Kier molecular flexibility index (Phi) is 9.30. The Labute approximate surface area is 214 Å². The lowest BCUT2D eigenvalue weighted by Gasteiger charge is -2.36. The summed E-state index contributed by atoms with van der Waals surface area (Å²) < 4.78 is 23.1. The van der Waals surface area contributed by atoms with E-state index < -0.39 is 0 Å². The predicted octanol–water partition coefficient (Wildman–Crippen LogP) is 4.77. The number of carbonyl (C=O) groups is 1. The molecule has 0 bridgehead atoms. The fourth-order valence-electron chi connectivity index (χ4n) is 4.73. The highest BCUT2D eigenvalue weighted by Crippen LogP contribution is 2.34. The van der Waals surface area contributed by atoms with E-state index in [9.17, 15) is 4.79 Å². The summed E-state index contributed by atoms with van der Waals surface area (Å²) in [7, 11) is 3.31. The van der Waals surface area contributed by atoms with E-state index >= 15 is 0 Å². The van der Waals surface area contributed by atoms with Crippen molar-refractivity contribution in [2.24, 2.45) is 0 Å². The number of rotatable bonds is 11. The smallest absolute Gasteiger partial charge is 0.324 e. The second kappa shape index (κ2) is 12.8. The monoisotopic (exact) mass is 497 g/mol. The summed E-state index contributed by atoms with van der Waals surface area (Å²) in [5, 5.41) is 3.36. The molecule has 2 saturated heterocycles. The minimum atomic E-state index is -0.0192.